The van der Waals surface area contributed by atoms with E-state index in [-0.39, 0.29) is 5.91 Å². The number of amides is 2. The van der Waals surface area contributed by atoms with E-state index in [2.05, 4.69) is 15.6 Å². The van der Waals surface area contributed by atoms with Crippen LogP contribution in [0.5, 0.6) is 11.5 Å². The average molecular weight is 558 g/mol. The smallest absolute Gasteiger partial charge is 0.412 e. The number of nitrogens with one attached hydrogen (secondary N) is 2. The molecule has 2 aromatic heterocycles. The Labute approximate surface area is 237 Å². The van der Waals surface area contributed by atoms with E-state index in [4.69, 9.17) is 14.2 Å². The van der Waals surface area contributed by atoms with Crippen LogP contribution in [0.4, 0.5) is 16.2 Å². The lowest BCUT2D eigenvalue weighted by molar-refractivity contribution is -0.111. The van der Waals surface area contributed by atoms with Crippen LogP contribution in [0.25, 0.3) is 27.8 Å². The van der Waals surface area contributed by atoms with E-state index in [1.807, 2.05) is 60.0 Å². The van der Waals surface area contributed by atoms with E-state index in [0.29, 0.717) is 22.9 Å². The monoisotopic (exact) mass is 557 g/mol. The number of benzene rings is 2. The number of carbonyl (C=O) groups is 2. The lowest BCUT2D eigenvalue weighted by Crippen LogP contribution is -2.27. The molecule has 206 valence electrons. The summed E-state index contributed by atoms with van der Waals surface area (Å²) in [6, 6.07) is 18.7. The maximum Gasteiger partial charge on any atom is 0.412 e. The molecule has 0 saturated carbocycles. The first-order valence-corrected chi connectivity index (χ1v) is 13.4. The molecule has 40 heavy (non-hydrogen) atoms. The Kier molecular flexibility index (Phi) is 8.86. The standard InChI is InChI=1S/C31H31N3O5S/c1-31(2,3)39-30(36)34-24-13-10-22(28-7-6-16-40-28)17-25(24)33-29(35)15-9-20-8-12-23(32-19-20)21-11-14-26(37-4)27(18-21)38-5/h6-19H,1-5H3,(H,33,35)(H,34,36). The predicted octanol–water partition coefficient (Wildman–Crippen LogP) is 7.49. The molecule has 2 aromatic carbocycles. The van der Waals surface area contributed by atoms with Crippen molar-refractivity contribution in [1.29, 1.82) is 0 Å². The van der Waals surface area contributed by atoms with E-state index in [1.165, 1.54) is 6.08 Å². The van der Waals surface area contributed by atoms with Crippen LogP contribution < -0.4 is 20.1 Å². The zero-order valence-corrected chi connectivity index (χ0v) is 23.8. The molecule has 8 nitrogen and oxygen atoms in total. The van der Waals surface area contributed by atoms with Gasteiger partial charge in [-0.05, 0) is 85.8 Å². The summed E-state index contributed by atoms with van der Waals surface area (Å²) in [5.41, 5.74) is 3.52. The number of thiophene rings is 1. The fraction of sp³-hybridized carbons (Fsp3) is 0.194. The van der Waals surface area contributed by atoms with Crippen LogP contribution in [0.1, 0.15) is 26.3 Å². The second-order valence-corrected chi connectivity index (χ2v) is 10.7. The molecule has 0 saturated heterocycles. The van der Waals surface area contributed by atoms with Gasteiger partial charge in [0.05, 0.1) is 31.3 Å². The number of methoxy groups -OCH3 is 2. The van der Waals surface area contributed by atoms with Gasteiger partial charge in [0.1, 0.15) is 5.60 Å². The molecule has 2 amide bonds. The van der Waals surface area contributed by atoms with Crippen LogP contribution in [0.3, 0.4) is 0 Å². The van der Waals surface area contributed by atoms with Crippen molar-refractivity contribution in [2.75, 3.05) is 24.9 Å². The van der Waals surface area contributed by atoms with Crippen molar-refractivity contribution in [2.45, 2.75) is 26.4 Å². The quantitative estimate of drug-likeness (QED) is 0.218. The van der Waals surface area contributed by atoms with Gasteiger partial charge < -0.3 is 19.5 Å². The number of pyridine rings is 1. The fourth-order valence-electron chi connectivity index (χ4n) is 3.78. The molecule has 9 heteroatoms. The van der Waals surface area contributed by atoms with Crippen molar-refractivity contribution in [2.24, 2.45) is 0 Å². The van der Waals surface area contributed by atoms with Crippen molar-refractivity contribution < 1.29 is 23.8 Å². The van der Waals surface area contributed by atoms with Gasteiger partial charge in [0.15, 0.2) is 11.5 Å². The van der Waals surface area contributed by atoms with Gasteiger partial charge in [-0.1, -0.05) is 18.2 Å². The summed E-state index contributed by atoms with van der Waals surface area (Å²) in [5, 5.41) is 7.59. The maximum atomic E-state index is 12.9. The Morgan fingerprint density at radius 2 is 1.65 bits per heavy atom. The van der Waals surface area contributed by atoms with Crippen molar-refractivity contribution in [3.05, 3.63) is 83.9 Å². The summed E-state index contributed by atoms with van der Waals surface area (Å²) in [7, 11) is 3.18. The SMILES string of the molecule is COc1ccc(-c2ccc(C=CC(=O)Nc3cc(-c4cccs4)ccc3NC(=O)OC(C)(C)C)cn2)cc1OC. The molecule has 0 fully saturated rings. The summed E-state index contributed by atoms with van der Waals surface area (Å²) in [5.74, 6) is 0.896. The predicted molar refractivity (Wildman–Crippen MR) is 160 cm³/mol. The lowest BCUT2D eigenvalue weighted by Gasteiger charge is -2.20. The molecule has 0 aliphatic heterocycles. The van der Waals surface area contributed by atoms with Gasteiger partial charge >= 0.3 is 6.09 Å². The zero-order valence-electron chi connectivity index (χ0n) is 23.0. The number of ether oxygens (including phenoxy) is 3. The molecular weight excluding hydrogens is 526 g/mol. The Hall–Kier alpha value is -4.63. The summed E-state index contributed by atoms with van der Waals surface area (Å²) in [6.45, 7) is 5.36. The number of hydrogen-bond donors (Lipinski definition) is 2. The second kappa shape index (κ2) is 12.5. The molecular formula is C31H31N3O5S. The topological polar surface area (TPSA) is 98.8 Å². The fourth-order valence-corrected chi connectivity index (χ4v) is 4.51. The Morgan fingerprint density at radius 1 is 0.875 bits per heavy atom. The van der Waals surface area contributed by atoms with E-state index in [0.717, 1.165) is 27.3 Å². The minimum absolute atomic E-state index is 0.362. The molecule has 4 aromatic rings. The van der Waals surface area contributed by atoms with Crippen LogP contribution in [-0.4, -0.2) is 36.8 Å². The minimum atomic E-state index is -0.657. The number of rotatable bonds is 8. The highest BCUT2D eigenvalue weighted by Gasteiger charge is 2.18. The van der Waals surface area contributed by atoms with E-state index in [1.54, 1.807) is 64.7 Å². The van der Waals surface area contributed by atoms with Gasteiger partial charge in [0, 0.05) is 22.7 Å². The molecule has 0 aliphatic rings. The second-order valence-electron chi connectivity index (χ2n) is 9.73. The number of anilines is 2. The first-order valence-electron chi connectivity index (χ1n) is 12.5. The van der Waals surface area contributed by atoms with Crippen molar-refractivity contribution in [3.63, 3.8) is 0 Å². The summed E-state index contributed by atoms with van der Waals surface area (Å²) >= 11 is 1.58. The molecule has 0 radical (unpaired) electrons. The maximum absolute atomic E-state index is 12.9. The van der Waals surface area contributed by atoms with Gasteiger partial charge in [0.2, 0.25) is 5.91 Å². The highest BCUT2D eigenvalue weighted by atomic mass is 32.1. The largest absolute Gasteiger partial charge is 0.493 e. The van der Waals surface area contributed by atoms with Gasteiger partial charge in [0.25, 0.3) is 0 Å². The first-order chi connectivity index (χ1) is 19.1. The highest BCUT2D eigenvalue weighted by molar-refractivity contribution is 7.13. The normalized spacial score (nSPS) is 11.2. The van der Waals surface area contributed by atoms with Gasteiger partial charge in [-0.2, -0.15) is 0 Å². The third-order valence-electron chi connectivity index (χ3n) is 5.61. The number of hydrogen-bond acceptors (Lipinski definition) is 7. The van der Waals surface area contributed by atoms with Gasteiger partial charge in [-0.25, -0.2) is 4.79 Å². The lowest BCUT2D eigenvalue weighted by atomic mass is 10.1. The number of carbonyl (C=O) groups excluding carboxylic acids is 2. The van der Waals surface area contributed by atoms with Crippen LogP contribution in [-0.2, 0) is 9.53 Å². The van der Waals surface area contributed by atoms with Crippen LogP contribution in [0.2, 0.25) is 0 Å². The van der Waals surface area contributed by atoms with E-state index >= 15 is 0 Å². The number of aromatic nitrogens is 1. The summed E-state index contributed by atoms with van der Waals surface area (Å²) < 4.78 is 16.1. The average Bonchev–Trinajstić information content (AvgIpc) is 3.47. The van der Waals surface area contributed by atoms with Gasteiger partial charge in [-0.15, -0.1) is 11.3 Å². The molecule has 0 unspecified atom stereocenters. The van der Waals surface area contributed by atoms with Crippen LogP contribution in [0, 0.1) is 0 Å². The Balaban J connectivity index is 1.49. The molecule has 0 spiro atoms. The first kappa shape index (κ1) is 28.4. The molecule has 4 rings (SSSR count). The number of nitrogens with zero attached hydrogens (tertiary/aromatic N) is 1. The van der Waals surface area contributed by atoms with Crippen LogP contribution >= 0.6 is 11.3 Å². The zero-order chi connectivity index (χ0) is 28.7. The molecule has 0 aliphatic carbocycles. The van der Waals surface area contributed by atoms with Crippen molar-refractivity contribution in [1.82, 2.24) is 4.98 Å². The highest BCUT2D eigenvalue weighted by Crippen LogP contribution is 2.33. The molecule has 0 bridgehead atoms. The third-order valence-corrected chi connectivity index (χ3v) is 6.53. The molecule has 0 atom stereocenters. The molecule has 2 N–H and O–H groups in total. The summed E-state index contributed by atoms with van der Waals surface area (Å²) in [4.78, 5) is 30.9. The summed E-state index contributed by atoms with van der Waals surface area (Å²) in [6.07, 6.45) is 4.17. The Morgan fingerprint density at radius 3 is 2.30 bits per heavy atom. The van der Waals surface area contributed by atoms with Crippen molar-refractivity contribution >= 4 is 40.8 Å². The van der Waals surface area contributed by atoms with Crippen molar-refractivity contribution in [3.8, 4) is 33.2 Å². The van der Waals surface area contributed by atoms with Gasteiger partial charge in [-0.3, -0.25) is 15.1 Å². The van der Waals surface area contributed by atoms with Crippen LogP contribution in [0.15, 0.2) is 78.3 Å². The molecule has 2 heterocycles. The third kappa shape index (κ3) is 7.48. The Bertz CT molecular complexity index is 1510. The minimum Gasteiger partial charge on any atom is -0.493 e. The van der Waals surface area contributed by atoms with E-state index in [9.17, 15) is 9.59 Å². The van der Waals surface area contributed by atoms with E-state index < -0.39 is 11.7 Å².